The highest BCUT2D eigenvalue weighted by atomic mass is 35.5. The summed E-state index contributed by atoms with van der Waals surface area (Å²) in [5.41, 5.74) is 1.60. The van der Waals surface area contributed by atoms with Gasteiger partial charge >= 0.3 is 0 Å². The third-order valence-corrected chi connectivity index (χ3v) is 3.81. The lowest BCUT2D eigenvalue weighted by Gasteiger charge is -2.04. The largest absolute Gasteiger partial charge is 0.497 e. The molecule has 2 aromatic carbocycles. The van der Waals surface area contributed by atoms with Crippen molar-refractivity contribution in [3.05, 3.63) is 59.5 Å². The van der Waals surface area contributed by atoms with Crippen LogP contribution < -0.4 is 10.1 Å². The molecule has 1 aromatic heterocycles. The fraction of sp³-hybridized carbons (Fsp3) is 0.0625. The van der Waals surface area contributed by atoms with Crippen LogP contribution in [0.4, 0.5) is 19.6 Å². The molecule has 3 nitrogen and oxygen atoms in total. The first kappa shape index (κ1) is 17.2. The van der Waals surface area contributed by atoms with Crippen molar-refractivity contribution in [3.63, 3.8) is 0 Å². The van der Waals surface area contributed by atoms with E-state index in [-0.39, 0.29) is 18.0 Å². The first-order chi connectivity index (χ1) is 10.7. The molecule has 1 N–H and O–H groups in total. The molecule has 0 spiro atoms. The number of thiazole rings is 1. The average molecular weight is 355 g/mol. The van der Waals surface area contributed by atoms with Crippen molar-refractivity contribution in [2.45, 2.75) is 0 Å². The van der Waals surface area contributed by atoms with Gasteiger partial charge in [0.1, 0.15) is 17.4 Å². The fourth-order valence-electron chi connectivity index (χ4n) is 1.95. The number of ether oxygens (including phenoxy) is 1. The summed E-state index contributed by atoms with van der Waals surface area (Å²) < 4.78 is 31.8. The van der Waals surface area contributed by atoms with E-state index in [0.717, 1.165) is 17.5 Å². The van der Waals surface area contributed by atoms with E-state index in [1.165, 1.54) is 23.5 Å². The Balaban J connectivity index is 0.00000192. The summed E-state index contributed by atoms with van der Waals surface area (Å²) in [6.07, 6.45) is 0. The fourth-order valence-corrected chi connectivity index (χ4v) is 2.68. The van der Waals surface area contributed by atoms with Crippen LogP contribution in [0.2, 0.25) is 0 Å². The van der Waals surface area contributed by atoms with E-state index >= 15 is 0 Å². The van der Waals surface area contributed by atoms with Crippen LogP contribution in [0.3, 0.4) is 0 Å². The van der Waals surface area contributed by atoms with Gasteiger partial charge in [0.2, 0.25) is 0 Å². The smallest absolute Gasteiger partial charge is 0.187 e. The molecule has 3 aromatic rings. The highest BCUT2D eigenvalue weighted by Crippen LogP contribution is 2.29. The van der Waals surface area contributed by atoms with Gasteiger partial charge in [-0.3, -0.25) is 0 Å². The van der Waals surface area contributed by atoms with E-state index in [0.29, 0.717) is 10.8 Å². The third kappa shape index (κ3) is 3.97. The second-order valence-corrected chi connectivity index (χ2v) is 5.37. The van der Waals surface area contributed by atoms with E-state index in [1.54, 1.807) is 12.5 Å². The number of anilines is 2. The topological polar surface area (TPSA) is 34.1 Å². The Morgan fingerprint density at radius 3 is 2.48 bits per heavy atom. The Bertz CT molecular complexity index is 793. The van der Waals surface area contributed by atoms with E-state index in [2.05, 4.69) is 10.3 Å². The maximum absolute atomic E-state index is 13.7. The highest BCUT2D eigenvalue weighted by molar-refractivity contribution is 7.14. The van der Waals surface area contributed by atoms with Gasteiger partial charge < -0.3 is 10.1 Å². The number of nitrogens with one attached hydrogen (secondary N) is 1. The predicted octanol–water partition coefficient (Wildman–Crippen LogP) is 5.26. The van der Waals surface area contributed by atoms with Gasteiger partial charge in [0.05, 0.1) is 12.8 Å². The van der Waals surface area contributed by atoms with E-state index in [1.807, 2.05) is 24.3 Å². The van der Waals surface area contributed by atoms with Crippen molar-refractivity contribution in [2.24, 2.45) is 0 Å². The molecule has 0 aliphatic rings. The van der Waals surface area contributed by atoms with Crippen molar-refractivity contribution in [3.8, 4) is 17.0 Å². The molecule has 0 saturated carbocycles. The van der Waals surface area contributed by atoms with Gasteiger partial charge in [0.15, 0.2) is 5.13 Å². The van der Waals surface area contributed by atoms with Gasteiger partial charge in [-0.25, -0.2) is 13.8 Å². The predicted molar refractivity (Wildman–Crippen MR) is 91.0 cm³/mol. The quantitative estimate of drug-likeness (QED) is 0.693. The van der Waals surface area contributed by atoms with Crippen LogP contribution in [-0.2, 0) is 0 Å². The summed E-state index contributed by atoms with van der Waals surface area (Å²) >= 11 is 1.35. The van der Waals surface area contributed by atoms with Crippen LogP contribution in [0.25, 0.3) is 11.3 Å². The van der Waals surface area contributed by atoms with Crippen LogP contribution in [0.15, 0.2) is 47.8 Å². The highest BCUT2D eigenvalue weighted by Gasteiger charge is 2.10. The van der Waals surface area contributed by atoms with Gasteiger partial charge in [-0.1, -0.05) is 0 Å². The first-order valence-corrected chi connectivity index (χ1v) is 7.36. The Morgan fingerprint density at radius 2 is 1.83 bits per heavy atom. The molecule has 0 aliphatic carbocycles. The van der Waals surface area contributed by atoms with Crippen LogP contribution in [0.1, 0.15) is 0 Å². The van der Waals surface area contributed by atoms with Crippen molar-refractivity contribution in [2.75, 3.05) is 12.4 Å². The van der Waals surface area contributed by atoms with Crippen LogP contribution in [0.5, 0.6) is 5.75 Å². The zero-order chi connectivity index (χ0) is 15.5. The van der Waals surface area contributed by atoms with Crippen LogP contribution in [0, 0.1) is 11.6 Å². The van der Waals surface area contributed by atoms with Crippen molar-refractivity contribution in [1.29, 1.82) is 0 Å². The van der Waals surface area contributed by atoms with E-state index in [4.69, 9.17) is 4.74 Å². The molecule has 0 atom stereocenters. The summed E-state index contributed by atoms with van der Waals surface area (Å²) in [5.74, 6) is -0.465. The number of halogens is 3. The van der Waals surface area contributed by atoms with Crippen molar-refractivity contribution >= 4 is 34.6 Å². The zero-order valence-corrected chi connectivity index (χ0v) is 13.7. The summed E-state index contributed by atoms with van der Waals surface area (Å²) in [4.78, 5) is 4.32. The molecular weight excluding hydrogens is 342 g/mol. The number of nitrogens with zero attached hydrogens (tertiary/aromatic N) is 1. The summed E-state index contributed by atoms with van der Waals surface area (Å²) in [6, 6.07) is 10.8. The summed E-state index contributed by atoms with van der Waals surface area (Å²) in [6.45, 7) is 0. The second-order valence-electron chi connectivity index (χ2n) is 4.52. The average Bonchev–Trinajstić information content (AvgIpc) is 2.96. The number of hydrogen-bond donors (Lipinski definition) is 1. The van der Waals surface area contributed by atoms with Gasteiger partial charge in [-0.05, 0) is 36.4 Å². The zero-order valence-electron chi connectivity index (χ0n) is 12.0. The molecule has 3 rings (SSSR count). The minimum atomic E-state index is -0.624. The molecule has 1 heterocycles. The normalized spacial score (nSPS) is 10.0. The molecule has 0 unspecified atom stereocenters. The lowest BCUT2D eigenvalue weighted by molar-refractivity contribution is 0.415. The summed E-state index contributed by atoms with van der Waals surface area (Å²) in [5, 5.41) is 5.48. The number of aromatic nitrogens is 1. The summed E-state index contributed by atoms with van der Waals surface area (Å²) in [7, 11) is 1.60. The SMILES string of the molecule is COc1ccc(Nc2nc(-c3ccc(F)cc3F)cs2)cc1.Cl. The minimum absolute atomic E-state index is 0. The van der Waals surface area contributed by atoms with Gasteiger partial charge in [0.25, 0.3) is 0 Å². The van der Waals surface area contributed by atoms with Crippen molar-refractivity contribution < 1.29 is 13.5 Å². The molecule has 0 aliphatic heterocycles. The number of hydrogen-bond acceptors (Lipinski definition) is 4. The molecule has 0 bridgehead atoms. The van der Waals surface area contributed by atoms with Crippen molar-refractivity contribution in [1.82, 2.24) is 4.98 Å². The second kappa shape index (κ2) is 7.39. The Kier molecular flexibility index (Phi) is 5.52. The molecular formula is C16H13ClF2N2OS. The molecule has 23 heavy (non-hydrogen) atoms. The number of benzene rings is 2. The monoisotopic (exact) mass is 354 g/mol. The van der Waals surface area contributed by atoms with Crippen LogP contribution in [-0.4, -0.2) is 12.1 Å². The number of rotatable bonds is 4. The van der Waals surface area contributed by atoms with Gasteiger partial charge in [-0.15, -0.1) is 23.7 Å². The number of methoxy groups -OCH3 is 1. The van der Waals surface area contributed by atoms with E-state index in [9.17, 15) is 8.78 Å². The minimum Gasteiger partial charge on any atom is -0.497 e. The Hall–Kier alpha value is -2.18. The molecule has 0 fully saturated rings. The van der Waals surface area contributed by atoms with Crippen LogP contribution >= 0.6 is 23.7 Å². The maximum atomic E-state index is 13.7. The maximum Gasteiger partial charge on any atom is 0.187 e. The molecule has 0 amide bonds. The molecule has 0 radical (unpaired) electrons. The lowest BCUT2D eigenvalue weighted by Crippen LogP contribution is -1.91. The lowest BCUT2D eigenvalue weighted by atomic mass is 10.1. The van der Waals surface area contributed by atoms with E-state index < -0.39 is 11.6 Å². The molecule has 7 heteroatoms. The molecule has 0 saturated heterocycles. The standard InChI is InChI=1S/C16H12F2N2OS.ClH/c1-21-12-5-3-11(4-6-12)19-16-20-15(9-22-16)13-7-2-10(17)8-14(13)18;/h2-9H,1H3,(H,19,20);1H. The van der Waals surface area contributed by atoms with Gasteiger partial charge in [-0.2, -0.15) is 0 Å². The third-order valence-electron chi connectivity index (χ3n) is 3.05. The Morgan fingerprint density at radius 1 is 1.09 bits per heavy atom. The molecule has 120 valence electrons. The Labute approximate surface area is 142 Å². The first-order valence-electron chi connectivity index (χ1n) is 6.48. The van der Waals surface area contributed by atoms with Gasteiger partial charge in [0, 0.05) is 22.7 Å².